The summed E-state index contributed by atoms with van der Waals surface area (Å²) in [7, 11) is -3.52. The average Bonchev–Trinajstić information content (AvgIpc) is 2.73. The summed E-state index contributed by atoms with van der Waals surface area (Å²) in [5, 5.41) is 0. The van der Waals surface area contributed by atoms with Gasteiger partial charge < -0.3 is 14.4 Å². The summed E-state index contributed by atoms with van der Waals surface area (Å²) in [4.78, 5) is 13.4. The summed E-state index contributed by atoms with van der Waals surface area (Å²) in [6, 6.07) is 6.89. The Hall–Kier alpha value is -2.43. The van der Waals surface area contributed by atoms with Gasteiger partial charge >= 0.3 is 0 Å². The van der Waals surface area contributed by atoms with Gasteiger partial charge in [0.25, 0.3) is 0 Å². The Morgan fingerprint density at radius 2 is 1.62 bits per heavy atom. The van der Waals surface area contributed by atoms with Gasteiger partial charge in [0.2, 0.25) is 16.0 Å². The Morgan fingerprint density at radius 3 is 2.34 bits per heavy atom. The highest BCUT2D eigenvalue weighted by molar-refractivity contribution is 7.89. The number of sulfonamides is 1. The van der Waals surface area contributed by atoms with Crippen molar-refractivity contribution in [1.29, 1.82) is 0 Å². The summed E-state index contributed by atoms with van der Waals surface area (Å²) in [5.41, 5.74) is 0. The lowest BCUT2D eigenvalue weighted by Crippen LogP contribution is -2.64. The fourth-order valence-corrected chi connectivity index (χ4v) is 5.45. The van der Waals surface area contributed by atoms with E-state index < -0.39 is 10.0 Å². The third kappa shape index (κ3) is 3.52. The van der Waals surface area contributed by atoms with Crippen LogP contribution in [0.4, 0.5) is 5.95 Å². The molecule has 9 nitrogen and oxygen atoms in total. The van der Waals surface area contributed by atoms with E-state index in [4.69, 9.17) is 9.47 Å². The Balaban J connectivity index is 1.19. The predicted octanol–water partition coefficient (Wildman–Crippen LogP) is 0.443. The standard InChI is InChI=1S/C19H23N5O4S/c25-29(26,16-2-3-17-18(12-16)28-11-10-27-17)24-13-15(14-24)22-6-8-23(9-7-22)19-20-4-1-5-21-19/h1-5,12,15H,6-11,13-14H2. The van der Waals surface area contributed by atoms with Crippen LogP contribution in [0.15, 0.2) is 41.6 Å². The van der Waals surface area contributed by atoms with Crippen LogP contribution in [0.5, 0.6) is 11.5 Å². The Morgan fingerprint density at radius 1 is 0.931 bits per heavy atom. The molecule has 0 N–H and O–H groups in total. The van der Waals surface area contributed by atoms with Crippen molar-refractivity contribution in [2.24, 2.45) is 0 Å². The van der Waals surface area contributed by atoms with Crippen LogP contribution in [0.3, 0.4) is 0 Å². The smallest absolute Gasteiger partial charge is 0.243 e. The average molecular weight is 417 g/mol. The first kappa shape index (κ1) is 18.6. The zero-order valence-electron chi connectivity index (χ0n) is 16.0. The van der Waals surface area contributed by atoms with Gasteiger partial charge in [0.1, 0.15) is 13.2 Å². The number of aromatic nitrogens is 2. The molecule has 4 heterocycles. The number of fused-ring (bicyclic) bond motifs is 1. The van der Waals surface area contributed by atoms with E-state index in [0.717, 1.165) is 32.1 Å². The molecule has 1 aromatic carbocycles. The minimum atomic E-state index is -3.52. The minimum absolute atomic E-state index is 0.251. The van der Waals surface area contributed by atoms with Gasteiger partial charge in [-0.25, -0.2) is 18.4 Å². The molecule has 0 bridgehead atoms. The van der Waals surface area contributed by atoms with Gasteiger partial charge in [-0.05, 0) is 18.2 Å². The second kappa shape index (κ2) is 7.43. The fraction of sp³-hybridized carbons (Fsp3) is 0.474. The molecule has 2 aromatic rings. The molecule has 0 spiro atoms. The van der Waals surface area contributed by atoms with Crippen LogP contribution in [-0.2, 0) is 10.0 Å². The van der Waals surface area contributed by atoms with E-state index >= 15 is 0 Å². The topological polar surface area (TPSA) is 88.1 Å². The first-order valence-corrected chi connectivity index (χ1v) is 11.2. The van der Waals surface area contributed by atoms with E-state index in [1.54, 1.807) is 30.6 Å². The molecule has 154 valence electrons. The second-order valence-electron chi connectivity index (χ2n) is 7.35. The normalized spacial score (nSPS) is 21.0. The summed E-state index contributed by atoms with van der Waals surface area (Å²) in [5.74, 6) is 1.84. The maximum absolute atomic E-state index is 13.0. The summed E-state index contributed by atoms with van der Waals surface area (Å²) in [6.45, 7) is 5.38. The van der Waals surface area contributed by atoms with E-state index in [2.05, 4.69) is 19.8 Å². The van der Waals surface area contributed by atoms with Gasteiger partial charge in [-0.2, -0.15) is 4.31 Å². The van der Waals surface area contributed by atoms with Crippen LogP contribution in [-0.4, -0.2) is 86.1 Å². The van der Waals surface area contributed by atoms with Crippen LogP contribution >= 0.6 is 0 Å². The molecule has 3 aliphatic heterocycles. The molecule has 0 saturated carbocycles. The van der Waals surface area contributed by atoms with Crippen molar-refractivity contribution < 1.29 is 17.9 Å². The highest BCUT2D eigenvalue weighted by Gasteiger charge is 2.40. The van der Waals surface area contributed by atoms with Crippen LogP contribution in [0.2, 0.25) is 0 Å². The lowest BCUT2D eigenvalue weighted by Gasteiger charge is -2.47. The van der Waals surface area contributed by atoms with Crippen molar-refractivity contribution in [2.75, 3.05) is 57.4 Å². The lowest BCUT2D eigenvalue weighted by molar-refractivity contribution is 0.0825. The van der Waals surface area contributed by atoms with E-state index in [9.17, 15) is 8.42 Å². The third-order valence-electron chi connectivity index (χ3n) is 5.65. The molecule has 0 amide bonds. The quantitative estimate of drug-likeness (QED) is 0.708. The largest absolute Gasteiger partial charge is 0.486 e. The van der Waals surface area contributed by atoms with Crippen molar-refractivity contribution in [3.8, 4) is 11.5 Å². The number of anilines is 1. The fourth-order valence-electron chi connectivity index (χ4n) is 3.92. The van der Waals surface area contributed by atoms with Gasteiger partial charge in [0.15, 0.2) is 11.5 Å². The molecule has 1 aromatic heterocycles. The summed E-state index contributed by atoms with van der Waals surface area (Å²) in [6.07, 6.45) is 3.50. The van der Waals surface area contributed by atoms with Crippen LogP contribution in [0, 0.1) is 0 Å². The molecule has 0 atom stereocenters. The van der Waals surface area contributed by atoms with E-state index in [0.29, 0.717) is 37.8 Å². The number of rotatable bonds is 4. The summed E-state index contributed by atoms with van der Waals surface area (Å²) >= 11 is 0. The number of ether oxygens (including phenoxy) is 2. The first-order valence-electron chi connectivity index (χ1n) is 9.77. The van der Waals surface area contributed by atoms with Crippen LogP contribution in [0.25, 0.3) is 0 Å². The van der Waals surface area contributed by atoms with Gasteiger partial charge in [-0.15, -0.1) is 0 Å². The van der Waals surface area contributed by atoms with Crippen molar-refractivity contribution in [3.05, 3.63) is 36.7 Å². The molecule has 0 radical (unpaired) electrons. The SMILES string of the molecule is O=S(=O)(c1ccc2c(c1)OCCO2)N1CC(N2CCN(c3ncccn3)CC2)C1. The first-order chi connectivity index (χ1) is 14.1. The molecule has 29 heavy (non-hydrogen) atoms. The van der Waals surface area contributed by atoms with Crippen LogP contribution < -0.4 is 14.4 Å². The maximum Gasteiger partial charge on any atom is 0.243 e. The van der Waals surface area contributed by atoms with Crippen molar-refractivity contribution in [3.63, 3.8) is 0 Å². The maximum atomic E-state index is 13.0. The number of nitrogens with zero attached hydrogens (tertiary/aromatic N) is 5. The number of hydrogen-bond donors (Lipinski definition) is 0. The molecule has 0 unspecified atom stereocenters. The minimum Gasteiger partial charge on any atom is -0.486 e. The molecule has 5 rings (SSSR count). The molecule has 2 saturated heterocycles. The van der Waals surface area contributed by atoms with Crippen molar-refractivity contribution in [2.45, 2.75) is 10.9 Å². The van der Waals surface area contributed by atoms with Gasteiger partial charge in [0, 0.05) is 63.8 Å². The molecular weight excluding hydrogens is 394 g/mol. The van der Waals surface area contributed by atoms with E-state index in [-0.39, 0.29) is 10.9 Å². The zero-order valence-corrected chi connectivity index (χ0v) is 16.8. The Bertz CT molecular complexity index is 973. The predicted molar refractivity (Wildman–Crippen MR) is 106 cm³/mol. The monoisotopic (exact) mass is 417 g/mol. The number of hydrogen-bond acceptors (Lipinski definition) is 8. The molecule has 2 fully saturated rings. The number of benzene rings is 1. The van der Waals surface area contributed by atoms with Crippen LogP contribution in [0.1, 0.15) is 0 Å². The van der Waals surface area contributed by atoms with Gasteiger partial charge in [0.05, 0.1) is 4.90 Å². The van der Waals surface area contributed by atoms with Gasteiger partial charge in [-0.3, -0.25) is 4.90 Å². The van der Waals surface area contributed by atoms with E-state index in [1.165, 1.54) is 4.31 Å². The van der Waals surface area contributed by atoms with E-state index in [1.807, 2.05) is 6.07 Å². The Kier molecular flexibility index (Phi) is 4.76. The summed E-state index contributed by atoms with van der Waals surface area (Å²) < 4.78 is 38.4. The molecule has 3 aliphatic rings. The van der Waals surface area contributed by atoms with Crippen molar-refractivity contribution >= 4 is 16.0 Å². The zero-order chi connectivity index (χ0) is 19.8. The van der Waals surface area contributed by atoms with Gasteiger partial charge in [-0.1, -0.05) is 0 Å². The number of piperazine rings is 1. The van der Waals surface area contributed by atoms with Crippen molar-refractivity contribution in [1.82, 2.24) is 19.2 Å². The lowest BCUT2D eigenvalue weighted by atomic mass is 10.1. The third-order valence-corrected chi connectivity index (χ3v) is 7.47. The Labute approximate surface area is 169 Å². The highest BCUT2D eigenvalue weighted by Crippen LogP contribution is 2.34. The highest BCUT2D eigenvalue weighted by atomic mass is 32.2. The molecule has 10 heteroatoms. The molecular formula is C19H23N5O4S. The molecule has 0 aliphatic carbocycles. The second-order valence-corrected chi connectivity index (χ2v) is 9.29.